The lowest BCUT2D eigenvalue weighted by Gasteiger charge is -2.08. The zero-order valence-electron chi connectivity index (χ0n) is 6.21. The summed E-state index contributed by atoms with van der Waals surface area (Å²) in [5.74, 6) is -0.183. The van der Waals surface area contributed by atoms with E-state index in [9.17, 15) is 4.79 Å². The highest BCUT2D eigenvalue weighted by Gasteiger charge is 2.39. The van der Waals surface area contributed by atoms with Gasteiger partial charge in [-0.25, -0.2) is 0 Å². The molecule has 3 atom stereocenters. The lowest BCUT2D eigenvalue weighted by molar-refractivity contribution is -0.139. The van der Waals surface area contributed by atoms with E-state index in [1.165, 1.54) is 0 Å². The van der Waals surface area contributed by atoms with Gasteiger partial charge in [0.2, 0.25) is 0 Å². The smallest absolute Gasteiger partial charge is 0.320 e. The van der Waals surface area contributed by atoms with Gasteiger partial charge in [-0.1, -0.05) is 0 Å². The average Bonchev–Trinajstić information content (AvgIpc) is 2.40. The molecular weight excluding hydrogens is 144 g/mol. The van der Waals surface area contributed by atoms with Gasteiger partial charge in [-0.2, -0.15) is 0 Å². The summed E-state index contributed by atoms with van der Waals surface area (Å²) in [5.41, 5.74) is 0. The molecule has 3 N–H and O–H groups in total. The normalized spacial score (nSPS) is 42.4. The van der Waals surface area contributed by atoms with Crippen LogP contribution in [0.25, 0.3) is 0 Å². The van der Waals surface area contributed by atoms with Crippen molar-refractivity contribution in [1.82, 2.24) is 10.6 Å². The van der Waals surface area contributed by atoms with Crippen molar-refractivity contribution < 1.29 is 9.90 Å². The summed E-state index contributed by atoms with van der Waals surface area (Å²) in [7, 11) is 0. The van der Waals surface area contributed by atoms with E-state index in [-0.39, 0.29) is 12.2 Å². The third kappa shape index (κ3) is 1.12. The zero-order valence-corrected chi connectivity index (χ0v) is 6.21. The molecule has 62 valence electrons. The van der Waals surface area contributed by atoms with Crippen LogP contribution in [0.4, 0.5) is 0 Å². The molecule has 2 fully saturated rings. The molecule has 3 unspecified atom stereocenters. The topological polar surface area (TPSA) is 61.4 Å². The van der Waals surface area contributed by atoms with Crippen molar-refractivity contribution in [3.63, 3.8) is 0 Å². The molecule has 2 aliphatic heterocycles. The first kappa shape index (κ1) is 7.06. The zero-order chi connectivity index (χ0) is 7.84. The third-order valence-electron chi connectivity index (χ3n) is 2.57. The number of hydrogen-bond donors (Lipinski definition) is 3. The molecule has 0 aliphatic carbocycles. The highest BCUT2D eigenvalue weighted by atomic mass is 16.4. The second-order valence-electron chi connectivity index (χ2n) is 3.27. The van der Waals surface area contributed by atoms with Crippen LogP contribution in [0.2, 0.25) is 0 Å². The molecule has 2 aliphatic rings. The van der Waals surface area contributed by atoms with E-state index >= 15 is 0 Å². The highest BCUT2D eigenvalue weighted by Crippen LogP contribution is 2.25. The number of hydrogen-bond acceptors (Lipinski definition) is 3. The third-order valence-corrected chi connectivity index (χ3v) is 2.57. The number of rotatable bonds is 1. The molecule has 0 saturated carbocycles. The van der Waals surface area contributed by atoms with Crippen molar-refractivity contribution in [3.05, 3.63) is 0 Å². The molecule has 4 nitrogen and oxygen atoms in total. The SMILES string of the molecule is O=C(O)C1CC2CCNC2N1. The highest BCUT2D eigenvalue weighted by molar-refractivity contribution is 5.74. The Kier molecular flexibility index (Phi) is 1.58. The predicted molar refractivity (Wildman–Crippen MR) is 39.1 cm³/mol. The number of carboxylic acid groups (broad SMARTS) is 1. The number of nitrogens with one attached hydrogen (secondary N) is 2. The van der Waals surface area contributed by atoms with Crippen LogP contribution in [0.1, 0.15) is 12.8 Å². The maximum Gasteiger partial charge on any atom is 0.320 e. The summed E-state index contributed by atoms with van der Waals surface area (Å²) in [6, 6.07) is -0.321. The summed E-state index contributed by atoms with van der Waals surface area (Å²) in [5, 5.41) is 14.9. The Morgan fingerprint density at radius 1 is 1.55 bits per heavy atom. The van der Waals surface area contributed by atoms with Gasteiger partial charge in [-0.05, 0) is 25.3 Å². The monoisotopic (exact) mass is 156 g/mol. The number of fused-ring (bicyclic) bond motifs is 1. The fraction of sp³-hybridized carbons (Fsp3) is 0.857. The number of carbonyl (C=O) groups is 1. The lowest BCUT2D eigenvalue weighted by atomic mass is 10.0. The number of carboxylic acids is 1. The van der Waals surface area contributed by atoms with Gasteiger partial charge in [0, 0.05) is 0 Å². The quantitative estimate of drug-likeness (QED) is 0.473. The minimum absolute atomic E-state index is 0.260. The van der Waals surface area contributed by atoms with Gasteiger partial charge in [-0.3, -0.25) is 10.1 Å². The van der Waals surface area contributed by atoms with Crippen LogP contribution in [0.3, 0.4) is 0 Å². The maximum atomic E-state index is 10.5. The van der Waals surface area contributed by atoms with E-state index in [0.29, 0.717) is 5.92 Å². The van der Waals surface area contributed by atoms with Crippen molar-refractivity contribution in [2.45, 2.75) is 25.0 Å². The Morgan fingerprint density at radius 2 is 2.36 bits per heavy atom. The second kappa shape index (κ2) is 2.46. The van der Waals surface area contributed by atoms with Crippen LogP contribution >= 0.6 is 0 Å². The Labute approximate surface area is 65.0 Å². The Morgan fingerprint density at radius 3 is 3.00 bits per heavy atom. The van der Waals surface area contributed by atoms with Gasteiger partial charge in [0.1, 0.15) is 6.04 Å². The minimum Gasteiger partial charge on any atom is -0.480 e. The first-order chi connectivity index (χ1) is 5.27. The first-order valence-electron chi connectivity index (χ1n) is 3.99. The van der Waals surface area contributed by atoms with Crippen LogP contribution in [0, 0.1) is 5.92 Å². The van der Waals surface area contributed by atoms with Crippen LogP contribution in [0.15, 0.2) is 0 Å². The van der Waals surface area contributed by atoms with E-state index in [4.69, 9.17) is 5.11 Å². The fourth-order valence-corrected chi connectivity index (χ4v) is 1.97. The van der Waals surface area contributed by atoms with Crippen molar-refractivity contribution in [2.75, 3.05) is 6.54 Å². The van der Waals surface area contributed by atoms with E-state index in [2.05, 4.69) is 10.6 Å². The first-order valence-corrected chi connectivity index (χ1v) is 3.99. The summed E-state index contributed by atoms with van der Waals surface area (Å²) in [6.07, 6.45) is 2.16. The van der Waals surface area contributed by atoms with Gasteiger partial charge in [0.05, 0.1) is 6.17 Å². The van der Waals surface area contributed by atoms with E-state index in [1.807, 2.05) is 0 Å². The average molecular weight is 156 g/mol. The van der Waals surface area contributed by atoms with E-state index < -0.39 is 5.97 Å². The summed E-state index contributed by atoms with van der Waals surface area (Å²) < 4.78 is 0. The molecule has 0 radical (unpaired) electrons. The van der Waals surface area contributed by atoms with Crippen molar-refractivity contribution in [3.8, 4) is 0 Å². The van der Waals surface area contributed by atoms with E-state index in [1.54, 1.807) is 0 Å². The Bertz CT molecular complexity index is 171. The molecule has 11 heavy (non-hydrogen) atoms. The van der Waals surface area contributed by atoms with Crippen LogP contribution in [-0.2, 0) is 4.79 Å². The molecule has 4 heteroatoms. The summed E-state index contributed by atoms with van der Waals surface area (Å²) in [6.45, 7) is 1.02. The molecule has 0 spiro atoms. The second-order valence-corrected chi connectivity index (χ2v) is 3.27. The van der Waals surface area contributed by atoms with Gasteiger partial charge < -0.3 is 10.4 Å². The van der Waals surface area contributed by atoms with E-state index in [0.717, 1.165) is 19.4 Å². The molecule has 0 aromatic heterocycles. The van der Waals surface area contributed by atoms with Crippen LogP contribution in [0.5, 0.6) is 0 Å². The number of aliphatic carboxylic acids is 1. The van der Waals surface area contributed by atoms with Gasteiger partial charge >= 0.3 is 5.97 Å². The molecule has 0 amide bonds. The lowest BCUT2D eigenvalue weighted by Crippen LogP contribution is -2.41. The maximum absolute atomic E-state index is 10.5. The molecule has 0 aromatic carbocycles. The molecule has 0 bridgehead atoms. The fourth-order valence-electron chi connectivity index (χ4n) is 1.97. The van der Waals surface area contributed by atoms with Crippen LogP contribution < -0.4 is 10.6 Å². The minimum atomic E-state index is -0.721. The Balaban J connectivity index is 1.99. The molecule has 2 rings (SSSR count). The van der Waals surface area contributed by atoms with Gasteiger partial charge in [-0.15, -0.1) is 0 Å². The standard InChI is InChI=1S/C7H12N2O2/c10-7(11)5-3-4-1-2-8-6(4)9-5/h4-6,8-9H,1-3H2,(H,10,11). The molecular formula is C7H12N2O2. The predicted octanol–water partition coefficient (Wildman–Crippen LogP) is -0.631. The van der Waals surface area contributed by atoms with Crippen molar-refractivity contribution in [2.24, 2.45) is 5.92 Å². The largest absolute Gasteiger partial charge is 0.480 e. The Hall–Kier alpha value is -0.610. The summed E-state index contributed by atoms with van der Waals surface area (Å²) >= 11 is 0. The molecule has 2 saturated heterocycles. The van der Waals surface area contributed by atoms with Crippen LogP contribution in [-0.4, -0.2) is 29.8 Å². The summed E-state index contributed by atoms with van der Waals surface area (Å²) in [4.78, 5) is 10.5. The van der Waals surface area contributed by atoms with Crippen molar-refractivity contribution >= 4 is 5.97 Å². The van der Waals surface area contributed by atoms with Crippen molar-refractivity contribution in [1.29, 1.82) is 0 Å². The van der Waals surface area contributed by atoms with Gasteiger partial charge in [0.25, 0.3) is 0 Å². The van der Waals surface area contributed by atoms with Gasteiger partial charge in [0.15, 0.2) is 0 Å². The molecule has 0 aromatic rings. The molecule has 2 heterocycles.